The zero-order valence-electron chi connectivity index (χ0n) is 11.5. The number of hydrogen-bond acceptors (Lipinski definition) is 1. The molecule has 1 unspecified atom stereocenters. The van der Waals surface area contributed by atoms with Gasteiger partial charge in [0.25, 0.3) is 0 Å². The van der Waals surface area contributed by atoms with Gasteiger partial charge in [0.15, 0.2) is 0 Å². The molecule has 2 aliphatic rings. The van der Waals surface area contributed by atoms with Crippen LogP contribution in [0.25, 0.3) is 0 Å². The molecule has 1 nitrogen and oxygen atoms in total. The van der Waals surface area contributed by atoms with Crippen molar-refractivity contribution in [1.29, 1.82) is 0 Å². The average Bonchev–Trinajstić information content (AvgIpc) is 2.93. The van der Waals surface area contributed by atoms with E-state index in [0.717, 1.165) is 31.1 Å². The quantitative estimate of drug-likeness (QED) is 0.683. The van der Waals surface area contributed by atoms with Gasteiger partial charge in [-0.3, -0.25) is 0 Å². The Balaban J connectivity index is 1.56. The highest BCUT2D eigenvalue weighted by Gasteiger charge is 2.18. The van der Waals surface area contributed by atoms with E-state index in [1.54, 1.807) is 0 Å². The van der Waals surface area contributed by atoms with E-state index in [2.05, 4.69) is 18.2 Å². The first kappa shape index (κ1) is 13.3. The van der Waals surface area contributed by atoms with E-state index in [0.29, 0.717) is 0 Å². The van der Waals surface area contributed by atoms with E-state index in [-0.39, 0.29) is 5.38 Å². The van der Waals surface area contributed by atoms with Gasteiger partial charge in [-0.05, 0) is 36.0 Å². The van der Waals surface area contributed by atoms with Crippen molar-refractivity contribution in [2.75, 3.05) is 6.61 Å². The largest absolute Gasteiger partial charge is 0.493 e. The SMILES string of the molecule is ClC(CCC1CCCCC1)c1ccc2c(c1)CCO2. The van der Waals surface area contributed by atoms with Crippen molar-refractivity contribution < 1.29 is 4.74 Å². The fourth-order valence-electron chi connectivity index (χ4n) is 3.43. The maximum absolute atomic E-state index is 6.59. The molecule has 104 valence electrons. The number of benzene rings is 1. The molecule has 1 heterocycles. The molecule has 1 fully saturated rings. The maximum atomic E-state index is 6.59. The Morgan fingerprint density at radius 3 is 2.89 bits per heavy atom. The second-order valence-electron chi connectivity index (χ2n) is 6.01. The first-order valence-electron chi connectivity index (χ1n) is 7.72. The summed E-state index contributed by atoms with van der Waals surface area (Å²) < 4.78 is 5.55. The minimum absolute atomic E-state index is 0.174. The number of alkyl halides is 1. The summed E-state index contributed by atoms with van der Waals surface area (Å²) in [6.45, 7) is 0.827. The predicted octanol–water partition coefficient (Wildman–Crippen LogP) is 5.26. The van der Waals surface area contributed by atoms with Gasteiger partial charge in [0, 0.05) is 6.42 Å². The van der Waals surface area contributed by atoms with Gasteiger partial charge in [-0.1, -0.05) is 44.2 Å². The highest BCUT2D eigenvalue weighted by atomic mass is 35.5. The zero-order valence-corrected chi connectivity index (χ0v) is 12.3. The fourth-order valence-corrected chi connectivity index (χ4v) is 3.69. The Morgan fingerprint density at radius 1 is 1.21 bits per heavy atom. The minimum atomic E-state index is 0.174. The minimum Gasteiger partial charge on any atom is -0.493 e. The molecule has 1 atom stereocenters. The van der Waals surface area contributed by atoms with Crippen LogP contribution in [-0.4, -0.2) is 6.61 Å². The Kier molecular flexibility index (Phi) is 4.32. The molecule has 0 saturated heterocycles. The monoisotopic (exact) mass is 278 g/mol. The van der Waals surface area contributed by atoms with Crippen LogP contribution in [-0.2, 0) is 6.42 Å². The van der Waals surface area contributed by atoms with Crippen LogP contribution in [0.3, 0.4) is 0 Å². The van der Waals surface area contributed by atoms with Crippen LogP contribution in [0.4, 0.5) is 0 Å². The fraction of sp³-hybridized carbons (Fsp3) is 0.647. The maximum Gasteiger partial charge on any atom is 0.122 e. The molecular weight excluding hydrogens is 256 g/mol. The molecule has 2 heteroatoms. The second kappa shape index (κ2) is 6.17. The molecule has 1 saturated carbocycles. The molecule has 0 bridgehead atoms. The first-order chi connectivity index (χ1) is 9.33. The lowest BCUT2D eigenvalue weighted by molar-refractivity contribution is 0.331. The van der Waals surface area contributed by atoms with Crippen molar-refractivity contribution in [2.45, 2.75) is 56.7 Å². The van der Waals surface area contributed by atoms with Gasteiger partial charge in [-0.2, -0.15) is 0 Å². The van der Waals surface area contributed by atoms with Gasteiger partial charge in [0.2, 0.25) is 0 Å². The third kappa shape index (κ3) is 3.25. The van der Waals surface area contributed by atoms with Crippen molar-refractivity contribution in [3.8, 4) is 5.75 Å². The van der Waals surface area contributed by atoms with Crippen molar-refractivity contribution in [3.63, 3.8) is 0 Å². The second-order valence-corrected chi connectivity index (χ2v) is 6.54. The number of halogens is 1. The summed E-state index contributed by atoms with van der Waals surface area (Å²) in [5.74, 6) is 1.98. The molecule has 3 rings (SSSR count). The van der Waals surface area contributed by atoms with Crippen LogP contribution in [0.5, 0.6) is 5.75 Å². The first-order valence-corrected chi connectivity index (χ1v) is 8.16. The summed E-state index contributed by atoms with van der Waals surface area (Å²) in [5.41, 5.74) is 2.61. The summed E-state index contributed by atoms with van der Waals surface area (Å²) in [4.78, 5) is 0. The third-order valence-electron chi connectivity index (χ3n) is 4.63. The molecule has 0 N–H and O–H groups in total. The molecule has 1 aliphatic carbocycles. The summed E-state index contributed by atoms with van der Waals surface area (Å²) in [7, 11) is 0. The topological polar surface area (TPSA) is 9.23 Å². The highest BCUT2D eigenvalue weighted by molar-refractivity contribution is 6.20. The van der Waals surface area contributed by atoms with Crippen LogP contribution in [0.1, 0.15) is 61.4 Å². The Morgan fingerprint density at radius 2 is 2.05 bits per heavy atom. The molecule has 1 aromatic carbocycles. The van der Waals surface area contributed by atoms with Gasteiger partial charge < -0.3 is 4.74 Å². The Labute approximate surface area is 121 Å². The number of ether oxygens (including phenoxy) is 1. The Bertz CT molecular complexity index is 423. The molecule has 1 aromatic rings. The van der Waals surface area contributed by atoms with Crippen LogP contribution in [0, 0.1) is 5.92 Å². The summed E-state index contributed by atoms with van der Waals surface area (Å²) in [5, 5.41) is 0.174. The molecule has 0 aromatic heterocycles. The van der Waals surface area contributed by atoms with E-state index in [4.69, 9.17) is 16.3 Å². The summed E-state index contributed by atoms with van der Waals surface area (Å²) in [6, 6.07) is 6.48. The number of hydrogen-bond donors (Lipinski definition) is 0. The van der Waals surface area contributed by atoms with Gasteiger partial charge in [-0.25, -0.2) is 0 Å². The summed E-state index contributed by atoms with van der Waals surface area (Å²) >= 11 is 6.59. The van der Waals surface area contributed by atoms with Crippen molar-refractivity contribution in [1.82, 2.24) is 0 Å². The standard InChI is InChI=1S/C17H23ClO/c18-16(8-6-13-4-2-1-3-5-13)14-7-9-17-15(12-14)10-11-19-17/h7,9,12-13,16H,1-6,8,10-11H2. The lowest BCUT2D eigenvalue weighted by Crippen LogP contribution is -2.07. The van der Waals surface area contributed by atoms with Crippen LogP contribution < -0.4 is 4.74 Å². The highest BCUT2D eigenvalue weighted by Crippen LogP contribution is 2.35. The lowest BCUT2D eigenvalue weighted by Gasteiger charge is -2.22. The van der Waals surface area contributed by atoms with E-state index in [9.17, 15) is 0 Å². The average molecular weight is 279 g/mol. The zero-order chi connectivity index (χ0) is 13.1. The molecule has 0 amide bonds. The van der Waals surface area contributed by atoms with E-state index < -0.39 is 0 Å². The van der Waals surface area contributed by atoms with Crippen molar-refractivity contribution in [2.24, 2.45) is 5.92 Å². The molecule has 19 heavy (non-hydrogen) atoms. The van der Waals surface area contributed by atoms with Gasteiger partial charge in [0.05, 0.1) is 12.0 Å². The van der Waals surface area contributed by atoms with Gasteiger partial charge >= 0.3 is 0 Å². The molecule has 0 spiro atoms. The number of rotatable bonds is 4. The Hall–Kier alpha value is -0.690. The smallest absolute Gasteiger partial charge is 0.122 e. The number of fused-ring (bicyclic) bond motifs is 1. The summed E-state index contributed by atoms with van der Waals surface area (Å²) in [6.07, 6.45) is 10.6. The predicted molar refractivity (Wildman–Crippen MR) is 80.0 cm³/mol. The van der Waals surface area contributed by atoms with E-state index in [1.807, 2.05) is 0 Å². The van der Waals surface area contributed by atoms with Crippen LogP contribution >= 0.6 is 11.6 Å². The van der Waals surface area contributed by atoms with Crippen molar-refractivity contribution in [3.05, 3.63) is 29.3 Å². The van der Waals surface area contributed by atoms with E-state index >= 15 is 0 Å². The normalized spacial score (nSPS) is 20.9. The lowest BCUT2D eigenvalue weighted by atomic mass is 9.85. The molecule has 1 aliphatic heterocycles. The van der Waals surface area contributed by atoms with Crippen molar-refractivity contribution >= 4 is 11.6 Å². The third-order valence-corrected chi connectivity index (χ3v) is 5.10. The van der Waals surface area contributed by atoms with Crippen LogP contribution in [0.15, 0.2) is 18.2 Å². The van der Waals surface area contributed by atoms with Gasteiger partial charge in [0.1, 0.15) is 5.75 Å². The molecular formula is C17H23ClO. The van der Waals surface area contributed by atoms with E-state index in [1.165, 1.54) is 49.7 Å². The van der Waals surface area contributed by atoms with Gasteiger partial charge in [-0.15, -0.1) is 11.6 Å². The molecule has 0 radical (unpaired) electrons. The van der Waals surface area contributed by atoms with Crippen LogP contribution in [0.2, 0.25) is 0 Å².